The van der Waals surface area contributed by atoms with Crippen molar-refractivity contribution < 1.29 is 9.59 Å². The molecule has 0 unspecified atom stereocenters. The van der Waals surface area contributed by atoms with Crippen molar-refractivity contribution in [2.75, 3.05) is 0 Å². The van der Waals surface area contributed by atoms with Crippen LogP contribution < -0.4 is 0 Å². The predicted molar refractivity (Wildman–Crippen MR) is 106 cm³/mol. The average molecular weight is 396 g/mol. The van der Waals surface area contributed by atoms with E-state index < -0.39 is 6.04 Å². The summed E-state index contributed by atoms with van der Waals surface area (Å²) in [5.41, 5.74) is 1.84. The number of hydrogen-bond donors (Lipinski definition) is 0. The van der Waals surface area contributed by atoms with Gasteiger partial charge in [-0.1, -0.05) is 83.9 Å². The summed E-state index contributed by atoms with van der Waals surface area (Å²) in [5, 5.41) is 0.732. The van der Waals surface area contributed by atoms with Gasteiger partial charge in [-0.05, 0) is 23.8 Å². The van der Waals surface area contributed by atoms with Crippen LogP contribution in [0.2, 0.25) is 10.0 Å². The summed E-state index contributed by atoms with van der Waals surface area (Å²) in [6.07, 6.45) is 0. The van der Waals surface area contributed by atoms with Gasteiger partial charge in [-0.25, -0.2) is 0 Å². The van der Waals surface area contributed by atoms with Crippen molar-refractivity contribution in [3.05, 3.63) is 106 Å². The Hall–Kier alpha value is -2.62. The van der Waals surface area contributed by atoms with Crippen molar-refractivity contribution in [3.8, 4) is 0 Å². The molecular weight excluding hydrogens is 381 g/mol. The topological polar surface area (TPSA) is 37.1 Å². The minimum absolute atomic E-state index is 0.0807. The maximum atomic E-state index is 13.1. The van der Waals surface area contributed by atoms with Crippen LogP contribution in [0.25, 0.3) is 0 Å². The van der Waals surface area contributed by atoms with E-state index in [0.29, 0.717) is 16.1 Å². The van der Waals surface area contributed by atoms with Crippen LogP contribution in [0.3, 0.4) is 0 Å². The van der Waals surface area contributed by atoms with Gasteiger partial charge in [0.25, 0.3) is 5.91 Å². The highest BCUT2D eigenvalue weighted by Gasteiger charge is 2.56. The van der Waals surface area contributed by atoms with E-state index in [1.165, 1.54) is 6.07 Å². The number of hydrogen-bond acceptors (Lipinski definition) is 2. The van der Waals surface area contributed by atoms with Crippen molar-refractivity contribution in [2.45, 2.75) is 12.1 Å². The van der Waals surface area contributed by atoms with Crippen LogP contribution in [0.15, 0.2) is 78.9 Å². The summed E-state index contributed by atoms with van der Waals surface area (Å²) >= 11 is 12.2. The van der Waals surface area contributed by atoms with E-state index >= 15 is 0 Å². The molecule has 4 rings (SSSR count). The standard InChI is InChI=1S/C22H15Cl2NO2/c23-16-11-12-17(18(24)13-16)22(27)25-19(14-7-3-1-4-8-14)20(25)21(26)15-9-5-2-6-10-15/h1-13,19-20H/t19-,20-,25?/m1/s1. The van der Waals surface area contributed by atoms with Crippen molar-refractivity contribution in [2.24, 2.45) is 0 Å². The first-order chi connectivity index (χ1) is 13.1. The fraction of sp³-hybridized carbons (Fsp3) is 0.0909. The lowest BCUT2D eigenvalue weighted by molar-refractivity contribution is 0.0833. The maximum absolute atomic E-state index is 13.1. The highest BCUT2D eigenvalue weighted by molar-refractivity contribution is 6.36. The molecule has 0 aromatic heterocycles. The summed E-state index contributed by atoms with van der Waals surface area (Å²) in [7, 11) is 0. The predicted octanol–water partition coefficient (Wildman–Crippen LogP) is 5.44. The van der Waals surface area contributed by atoms with Gasteiger partial charge < -0.3 is 4.90 Å². The van der Waals surface area contributed by atoms with Gasteiger partial charge >= 0.3 is 0 Å². The van der Waals surface area contributed by atoms with E-state index in [9.17, 15) is 9.59 Å². The van der Waals surface area contributed by atoms with Crippen LogP contribution in [0.4, 0.5) is 0 Å². The lowest BCUT2D eigenvalue weighted by Gasteiger charge is -2.07. The highest BCUT2D eigenvalue weighted by atomic mass is 35.5. The summed E-state index contributed by atoms with van der Waals surface area (Å²) < 4.78 is 0. The molecule has 0 aliphatic carbocycles. The molecular formula is C22H15Cl2NO2. The van der Waals surface area contributed by atoms with Crippen LogP contribution in [0.5, 0.6) is 0 Å². The SMILES string of the molecule is O=C(c1ccccc1)[C@H]1[C@@H](c2ccccc2)N1C(=O)c1ccc(Cl)cc1Cl. The molecule has 1 heterocycles. The van der Waals surface area contributed by atoms with Crippen molar-refractivity contribution in [1.29, 1.82) is 0 Å². The van der Waals surface area contributed by atoms with Gasteiger partial charge in [0.2, 0.25) is 0 Å². The Morgan fingerprint density at radius 2 is 1.44 bits per heavy atom. The normalized spacial score (nSPS) is 18.2. The third-order valence-electron chi connectivity index (χ3n) is 4.67. The van der Waals surface area contributed by atoms with E-state index in [2.05, 4.69) is 0 Å². The highest BCUT2D eigenvalue weighted by Crippen LogP contribution is 2.46. The molecule has 0 radical (unpaired) electrons. The minimum atomic E-state index is -0.547. The van der Waals surface area contributed by atoms with Crippen molar-refractivity contribution in [1.82, 2.24) is 4.90 Å². The van der Waals surface area contributed by atoms with Gasteiger partial charge in [-0.15, -0.1) is 0 Å². The third-order valence-corrected chi connectivity index (χ3v) is 5.22. The Labute approximate surface area is 167 Å². The molecule has 134 valence electrons. The molecule has 1 aliphatic heterocycles. The number of rotatable bonds is 4. The molecule has 1 amide bonds. The van der Waals surface area contributed by atoms with Gasteiger partial charge in [0, 0.05) is 10.6 Å². The lowest BCUT2D eigenvalue weighted by atomic mass is 10.0. The minimum Gasteiger partial charge on any atom is -0.316 e. The zero-order valence-electron chi connectivity index (χ0n) is 14.2. The van der Waals surface area contributed by atoms with Crippen molar-refractivity contribution >= 4 is 34.9 Å². The summed E-state index contributed by atoms with van der Waals surface area (Å²) in [6, 6.07) is 22.5. The van der Waals surface area contributed by atoms with Crippen LogP contribution in [-0.2, 0) is 0 Å². The molecule has 0 spiro atoms. The molecule has 3 aromatic rings. The fourth-order valence-electron chi connectivity index (χ4n) is 3.32. The zero-order chi connectivity index (χ0) is 19.0. The average Bonchev–Trinajstić information content (AvgIpc) is 3.44. The third kappa shape index (κ3) is 3.36. The van der Waals surface area contributed by atoms with E-state index in [1.807, 2.05) is 48.5 Å². The number of amides is 1. The van der Waals surface area contributed by atoms with Crippen molar-refractivity contribution in [3.63, 3.8) is 0 Å². The Bertz CT molecular complexity index is 1010. The molecule has 1 aliphatic rings. The number of carbonyl (C=O) groups is 2. The number of halogens is 2. The number of ketones is 1. The van der Waals surface area contributed by atoms with E-state index in [1.54, 1.807) is 29.2 Å². The van der Waals surface area contributed by atoms with E-state index in [4.69, 9.17) is 23.2 Å². The molecule has 27 heavy (non-hydrogen) atoms. The molecule has 0 bridgehead atoms. The van der Waals surface area contributed by atoms with Gasteiger partial charge in [-0.2, -0.15) is 0 Å². The van der Waals surface area contributed by atoms with Crippen LogP contribution in [0.1, 0.15) is 32.3 Å². The van der Waals surface area contributed by atoms with Crippen LogP contribution >= 0.6 is 23.2 Å². The summed E-state index contributed by atoms with van der Waals surface area (Å²) in [4.78, 5) is 27.7. The summed E-state index contributed by atoms with van der Waals surface area (Å²) in [5.74, 6) is -0.359. The number of carbonyl (C=O) groups excluding carboxylic acids is 2. The molecule has 1 fully saturated rings. The van der Waals surface area contributed by atoms with E-state index in [-0.39, 0.29) is 22.8 Å². The second-order valence-corrected chi connectivity index (χ2v) is 7.21. The van der Waals surface area contributed by atoms with Crippen LogP contribution in [0, 0.1) is 0 Å². The Morgan fingerprint density at radius 1 is 0.815 bits per heavy atom. The number of Topliss-reactive ketones (excluding diaryl/α,β-unsaturated/α-hetero) is 1. The first-order valence-electron chi connectivity index (χ1n) is 8.50. The zero-order valence-corrected chi connectivity index (χ0v) is 15.7. The first-order valence-corrected chi connectivity index (χ1v) is 9.25. The molecule has 2 atom stereocenters. The fourth-order valence-corrected chi connectivity index (χ4v) is 3.81. The summed E-state index contributed by atoms with van der Waals surface area (Å²) in [6.45, 7) is 0. The number of nitrogens with zero attached hydrogens (tertiary/aromatic N) is 1. The Morgan fingerprint density at radius 3 is 2.07 bits per heavy atom. The van der Waals surface area contributed by atoms with Gasteiger partial charge in [0.1, 0.15) is 6.04 Å². The van der Waals surface area contributed by atoms with Gasteiger partial charge in [0.15, 0.2) is 5.78 Å². The molecule has 5 heteroatoms. The number of benzene rings is 3. The molecule has 1 saturated heterocycles. The van der Waals surface area contributed by atoms with Gasteiger partial charge in [0.05, 0.1) is 16.6 Å². The Kier molecular flexibility index (Phi) is 4.73. The maximum Gasteiger partial charge on any atom is 0.256 e. The molecule has 3 aromatic carbocycles. The quantitative estimate of drug-likeness (QED) is 0.435. The monoisotopic (exact) mass is 395 g/mol. The first kappa shape index (κ1) is 17.8. The van der Waals surface area contributed by atoms with Crippen LogP contribution in [-0.4, -0.2) is 22.6 Å². The second-order valence-electron chi connectivity index (χ2n) is 6.37. The molecule has 0 N–H and O–H groups in total. The Balaban J connectivity index is 1.70. The smallest absolute Gasteiger partial charge is 0.256 e. The van der Waals surface area contributed by atoms with Gasteiger partial charge in [-0.3, -0.25) is 9.59 Å². The largest absolute Gasteiger partial charge is 0.316 e. The van der Waals surface area contributed by atoms with E-state index in [0.717, 1.165) is 5.56 Å². The lowest BCUT2D eigenvalue weighted by Crippen LogP contribution is -2.19. The second kappa shape index (κ2) is 7.18. The molecule has 0 saturated carbocycles. The molecule has 3 nitrogen and oxygen atoms in total.